The summed E-state index contributed by atoms with van der Waals surface area (Å²) in [4.78, 5) is 0. The fourth-order valence-corrected chi connectivity index (χ4v) is 6.27. The Balaban J connectivity index is 1.77. The van der Waals surface area contributed by atoms with E-state index in [4.69, 9.17) is 10.6 Å². The number of rotatable bonds is 5. The van der Waals surface area contributed by atoms with Gasteiger partial charge in [-0.2, -0.15) is 0 Å². The number of hydrogen-bond acceptors (Lipinski definition) is 5. The molecule has 0 saturated carbocycles. The molecule has 2 aliphatic heterocycles. The van der Waals surface area contributed by atoms with E-state index < -0.39 is 10.0 Å². The van der Waals surface area contributed by atoms with Crippen molar-refractivity contribution in [3.8, 4) is 5.75 Å². The molecule has 2 aromatic rings. The molecule has 29 heavy (non-hydrogen) atoms. The van der Waals surface area contributed by atoms with E-state index in [1.54, 1.807) is 7.11 Å². The molecule has 0 spiro atoms. The number of hydrazine groups is 1. The van der Waals surface area contributed by atoms with Crippen molar-refractivity contribution in [1.82, 2.24) is 5.01 Å². The molecule has 6 nitrogen and oxygen atoms in total. The Hall–Kier alpha value is -2.09. The molecule has 2 N–H and O–H groups in total. The second-order valence-corrected chi connectivity index (χ2v) is 9.98. The number of anilines is 1. The van der Waals surface area contributed by atoms with Crippen LogP contribution in [0.2, 0.25) is 0 Å². The van der Waals surface area contributed by atoms with Crippen molar-refractivity contribution in [2.45, 2.75) is 37.6 Å². The Kier molecular flexibility index (Phi) is 5.55. The monoisotopic (exact) mass is 415 g/mol. The maximum Gasteiger partial charge on any atom is 0.235 e. The van der Waals surface area contributed by atoms with E-state index in [1.165, 1.54) is 9.87 Å². The maximum atomic E-state index is 12.4. The molecule has 2 aliphatic rings. The first-order valence-electron chi connectivity index (χ1n) is 10.2. The van der Waals surface area contributed by atoms with E-state index in [-0.39, 0.29) is 11.3 Å². The molecule has 1 atom stereocenters. The van der Waals surface area contributed by atoms with Crippen molar-refractivity contribution in [1.29, 1.82) is 0 Å². The van der Waals surface area contributed by atoms with Gasteiger partial charge in [0.2, 0.25) is 10.0 Å². The van der Waals surface area contributed by atoms with E-state index in [0.29, 0.717) is 25.1 Å². The van der Waals surface area contributed by atoms with Crippen molar-refractivity contribution in [2.75, 3.05) is 30.3 Å². The Bertz CT molecular complexity index is 965. The Morgan fingerprint density at radius 3 is 2.52 bits per heavy atom. The van der Waals surface area contributed by atoms with Gasteiger partial charge >= 0.3 is 0 Å². The van der Waals surface area contributed by atoms with Crippen molar-refractivity contribution < 1.29 is 13.2 Å². The first-order chi connectivity index (χ1) is 14.0. The van der Waals surface area contributed by atoms with Crippen LogP contribution in [0, 0.1) is 0 Å². The molecule has 156 valence electrons. The molecule has 2 fully saturated rings. The van der Waals surface area contributed by atoms with Crippen LogP contribution in [0.15, 0.2) is 48.5 Å². The van der Waals surface area contributed by atoms with Gasteiger partial charge in [-0.3, -0.25) is 10.1 Å². The third-order valence-corrected chi connectivity index (χ3v) is 8.10. The number of piperidine rings is 1. The van der Waals surface area contributed by atoms with Crippen molar-refractivity contribution in [2.24, 2.45) is 5.84 Å². The van der Waals surface area contributed by atoms with Gasteiger partial charge < -0.3 is 4.74 Å². The summed E-state index contributed by atoms with van der Waals surface area (Å²) in [6.45, 7) is 1.36. The normalized spacial score (nSPS) is 24.6. The summed E-state index contributed by atoms with van der Waals surface area (Å²) in [6.07, 6.45) is 4.45. The van der Waals surface area contributed by atoms with Gasteiger partial charge in [0.25, 0.3) is 0 Å². The summed E-state index contributed by atoms with van der Waals surface area (Å²) in [5.74, 6) is 7.55. The number of methoxy groups -OCH3 is 1. The number of nitrogens with zero attached hydrogens (tertiary/aromatic N) is 2. The number of ether oxygens (including phenoxy) is 1. The van der Waals surface area contributed by atoms with Gasteiger partial charge in [0.05, 0.1) is 24.1 Å². The molecule has 0 amide bonds. The van der Waals surface area contributed by atoms with Crippen LogP contribution < -0.4 is 14.9 Å². The second kappa shape index (κ2) is 7.97. The molecule has 7 heteroatoms. The molecule has 0 bridgehead atoms. The van der Waals surface area contributed by atoms with E-state index in [1.807, 2.05) is 41.4 Å². The highest BCUT2D eigenvalue weighted by atomic mass is 32.2. The summed E-state index contributed by atoms with van der Waals surface area (Å²) in [5, 5.41) is 1.96. The van der Waals surface area contributed by atoms with Gasteiger partial charge in [0, 0.05) is 13.1 Å². The topological polar surface area (TPSA) is 75.9 Å². The third-order valence-electron chi connectivity index (χ3n) is 6.23. The fourth-order valence-electron chi connectivity index (χ4n) is 4.71. The van der Waals surface area contributed by atoms with E-state index in [9.17, 15) is 8.42 Å². The van der Waals surface area contributed by atoms with Crippen LogP contribution in [0.1, 0.15) is 36.8 Å². The molecule has 2 aromatic carbocycles. The van der Waals surface area contributed by atoms with E-state index in [2.05, 4.69) is 12.1 Å². The Morgan fingerprint density at radius 2 is 1.86 bits per heavy atom. The van der Waals surface area contributed by atoms with Gasteiger partial charge in [-0.25, -0.2) is 13.4 Å². The highest BCUT2D eigenvalue weighted by Gasteiger charge is 2.40. The van der Waals surface area contributed by atoms with E-state index >= 15 is 0 Å². The van der Waals surface area contributed by atoms with Gasteiger partial charge in [-0.1, -0.05) is 30.3 Å². The minimum absolute atomic E-state index is 0.207. The SMILES string of the molecule is COc1ccc(N2CCCS2(=O)=O)cc1CC1(c2ccccc2)CCCCN1N. The Labute approximate surface area is 173 Å². The van der Waals surface area contributed by atoms with Crippen LogP contribution in [-0.4, -0.2) is 39.4 Å². The van der Waals surface area contributed by atoms with Crippen LogP contribution in [0.4, 0.5) is 5.69 Å². The van der Waals surface area contributed by atoms with E-state index in [0.717, 1.165) is 37.1 Å². The average molecular weight is 416 g/mol. The van der Waals surface area contributed by atoms with Crippen molar-refractivity contribution in [3.63, 3.8) is 0 Å². The molecule has 0 radical (unpaired) electrons. The predicted molar refractivity (Wildman–Crippen MR) is 115 cm³/mol. The minimum Gasteiger partial charge on any atom is -0.496 e. The molecular weight excluding hydrogens is 386 g/mol. The fraction of sp³-hybridized carbons (Fsp3) is 0.455. The van der Waals surface area contributed by atoms with Crippen LogP contribution in [0.5, 0.6) is 5.75 Å². The smallest absolute Gasteiger partial charge is 0.235 e. The van der Waals surface area contributed by atoms with Crippen LogP contribution >= 0.6 is 0 Å². The summed E-state index contributed by atoms with van der Waals surface area (Å²) in [6, 6.07) is 16.0. The van der Waals surface area contributed by atoms with Crippen LogP contribution in [0.25, 0.3) is 0 Å². The molecule has 4 rings (SSSR count). The molecule has 0 aromatic heterocycles. The third kappa shape index (κ3) is 3.74. The van der Waals surface area contributed by atoms with Gasteiger partial charge in [0.15, 0.2) is 0 Å². The summed E-state index contributed by atoms with van der Waals surface area (Å²) in [7, 11) is -1.58. The summed E-state index contributed by atoms with van der Waals surface area (Å²) >= 11 is 0. The zero-order valence-corrected chi connectivity index (χ0v) is 17.7. The highest BCUT2D eigenvalue weighted by molar-refractivity contribution is 7.93. The summed E-state index contributed by atoms with van der Waals surface area (Å²) in [5.41, 5.74) is 2.53. The zero-order valence-electron chi connectivity index (χ0n) is 16.9. The highest BCUT2D eigenvalue weighted by Crippen LogP contribution is 2.41. The average Bonchev–Trinajstić information content (AvgIpc) is 3.09. The number of hydrogen-bond donors (Lipinski definition) is 1. The number of benzene rings is 2. The first-order valence-corrected chi connectivity index (χ1v) is 11.8. The molecule has 2 heterocycles. The maximum absolute atomic E-state index is 12.4. The van der Waals surface area contributed by atoms with Crippen LogP contribution in [-0.2, 0) is 22.0 Å². The predicted octanol–water partition coefficient (Wildman–Crippen LogP) is 3.03. The van der Waals surface area contributed by atoms with Crippen molar-refractivity contribution >= 4 is 15.7 Å². The molecule has 1 unspecified atom stereocenters. The lowest BCUT2D eigenvalue weighted by Gasteiger charge is -2.45. The minimum atomic E-state index is -3.23. The Morgan fingerprint density at radius 1 is 1.07 bits per heavy atom. The standard InChI is InChI=1S/C22H29N3O3S/c1-28-21-11-10-20(24-13-7-15-29(24,26)27)16-18(21)17-22(12-5-6-14-25(22)23)19-8-3-2-4-9-19/h2-4,8-11,16H,5-7,12-15,17,23H2,1H3. The lowest BCUT2D eigenvalue weighted by atomic mass is 9.77. The first kappa shape index (κ1) is 20.2. The zero-order chi connectivity index (χ0) is 20.5. The number of nitrogens with two attached hydrogens (primary N) is 1. The molecular formula is C22H29N3O3S. The molecule has 0 aliphatic carbocycles. The number of sulfonamides is 1. The van der Waals surface area contributed by atoms with Crippen LogP contribution in [0.3, 0.4) is 0 Å². The van der Waals surface area contributed by atoms with Gasteiger partial charge in [-0.15, -0.1) is 0 Å². The van der Waals surface area contributed by atoms with Gasteiger partial charge in [0.1, 0.15) is 5.75 Å². The quantitative estimate of drug-likeness (QED) is 0.760. The lowest BCUT2D eigenvalue weighted by molar-refractivity contribution is 0.0421. The lowest BCUT2D eigenvalue weighted by Crippen LogP contribution is -2.54. The van der Waals surface area contributed by atoms with Crippen molar-refractivity contribution in [3.05, 3.63) is 59.7 Å². The molecule has 2 saturated heterocycles. The largest absolute Gasteiger partial charge is 0.496 e. The van der Waals surface area contributed by atoms with Gasteiger partial charge in [-0.05, 0) is 61.4 Å². The second-order valence-electron chi connectivity index (χ2n) is 7.96. The summed E-state index contributed by atoms with van der Waals surface area (Å²) < 4.78 is 32.0.